The van der Waals surface area contributed by atoms with Crippen LogP contribution in [0, 0.1) is 6.92 Å². The zero-order valence-electron chi connectivity index (χ0n) is 12.7. The summed E-state index contributed by atoms with van der Waals surface area (Å²) in [6.45, 7) is 3.77. The van der Waals surface area contributed by atoms with Gasteiger partial charge in [-0.05, 0) is 25.3 Å². The fourth-order valence-electron chi connectivity index (χ4n) is 2.52. The molecule has 0 aliphatic carbocycles. The Morgan fingerprint density at radius 1 is 1.36 bits per heavy atom. The molecule has 0 bridgehead atoms. The number of likely N-dealkylation sites (tertiary alicyclic amines) is 1. The van der Waals surface area contributed by atoms with E-state index in [0.717, 1.165) is 12.8 Å². The molecule has 1 fully saturated rings. The van der Waals surface area contributed by atoms with Crippen LogP contribution in [0.4, 0.5) is 4.79 Å². The van der Waals surface area contributed by atoms with Crippen LogP contribution in [0.25, 0.3) is 0 Å². The molecular weight excluding hydrogens is 280 g/mol. The number of urea groups is 1. The van der Waals surface area contributed by atoms with E-state index in [0.29, 0.717) is 31.3 Å². The van der Waals surface area contributed by atoms with Gasteiger partial charge in [-0.1, -0.05) is 35.5 Å². The van der Waals surface area contributed by atoms with Gasteiger partial charge in [-0.2, -0.15) is 4.98 Å². The van der Waals surface area contributed by atoms with Gasteiger partial charge >= 0.3 is 6.03 Å². The van der Waals surface area contributed by atoms with E-state index in [2.05, 4.69) is 27.6 Å². The minimum Gasteiger partial charge on any atom is -0.339 e. The zero-order chi connectivity index (χ0) is 15.4. The first kappa shape index (κ1) is 14.6. The molecule has 0 unspecified atom stereocenters. The molecule has 1 saturated heterocycles. The highest BCUT2D eigenvalue weighted by Gasteiger charge is 2.35. The molecule has 0 radical (unpaired) electrons. The average Bonchev–Trinajstić information content (AvgIpc) is 2.89. The van der Waals surface area contributed by atoms with Crippen LogP contribution in [0.5, 0.6) is 0 Å². The normalized spacial score (nSPS) is 14.7. The van der Waals surface area contributed by atoms with Gasteiger partial charge in [-0.3, -0.25) is 0 Å². The van der Waals surface area contributed by atoms with Gasteiger partial charge in [-0.15, -0.1) is 0 Å². The topological polar surface area (TPSA) is 71.3 Å². The van der Waals surface area contributed by atoms with Crippen LogP contribution in [0.2, 0.25) is 0 Å². The van der Waals surface area contributed by atoms with E-state index in [9.17, 15) is 4.79 Å². The van der Waals surface area contributed by atoms with Crippen LogP contribution in [0.3, 0.4) is 0 Å². The number of hydrogen-bond donors (Lipinski definition) is 1. The maximum absolute atomic E-state index is 12.0. The van der Waals surface area contributed by atoms with Crippen molar-refractivity contribution >= 4 is 6.03 Å². The van der Waals surface area contributed by atoms with E-state index in [-0.39, 0.29) is 11.9 Å². The smallest absolute Gasteiger partial charge is 0.317 e. The number of hydrogen-bond acceptors (Lipinski definition) is 4. The highest BCUT2D eigenvalue weighted by molar-refractivity contribution is 5.75. The third-order valence-electron chi connectivity index (χ3n) is 3.82. The molecule has 116 valence electrons. The van der Waals surface area contributed by atoms with Gasteiger partial charge in [0.15, 0.2) is 5.82 Å². The maximum Gasteiger partial charge on any atom is 0.317 e. The van der Waals surface area contributed by atoms with Crippen molar-refractivity contribution in [3.8, 4) is 0 Å². The number of carbonyl (C=O) groups is 1. The van der Waals surface area contributed by atoms with Crippen molar-refractivity contribution in [2.75, 3.05) is 19.6 Å². The third-order valence-corrected chi connectivity index (χ3v) is 3.82. The molecule has 6 nitrogen and oxygen atoms in total. The number of carbonyl (C=O) groups excluding carboxylic acids is 1. The van der Waals surface area contributed by atoms with Crippen molar-refractivity contribution in [2.45, 2.75) is 25.7 Å². The monoisotopic (exact) mass is 300 g/mol. The highest BCUT2D eigenvalue weighted by Crippen LogP contribution is 2.25. The van der Waals surface area contributed by atoms with Crippen molar-refractivity contribution in [1.82, 2.24) is 20.4 Å². The summed E-state index contributed by atoms with van der Waals surface area (Å²) < 4.78 is 5.12. The predicted molar refractivity (Wildman–Crippen MR) is 81.5 cm³/mol. The Bertz CT molecular complexity index is 620. The molecule has 22 heavy (non-hydrogen) atoms. The van der Waals surface area contributed by atoms with E-state index in [1.54, 1.807) is 11.8 Å². The molecule has 1 aliphatic rings. The van der Waals surface area contributed by atoms with Gasteiger partial charge in [0.05, 0.1) is 5.92 Å². The van der Waals surface area contributed by atoms with Crippen LogP contribution in [-0.2, 0) is 6.42 Å². The van der Waals surface area contributed by atoms with Gasteiger partial charge in [0, 0.05) is 19.6 Å². The van der Waals surface area contributed by atoms with Crippen LogP contribution in [0.1, 0.15) is 29.6 Å². The zero-order valence-corrected chi connectivity index (χ0v) is 12.7. The molecule has 6 heteroatoms. The van der Waals surface area contributed by atoms with Crippen molar-refractivity contribution in [2.24, 2.45) is 0 Å². The third kappa shape index (κ3) is 3.44. The Balaban J connectivity index is 1.34. The van der Waals surface area contributed by atoms with Crippen LogP contribution >= 0.6 is 0 Å². The molecule has 3 rings (SSSR count). The molecular formula is C16H20N4O2. The summed E-state index contributed by atoms with van der Waals surface area (Å²) in [5.74, 6) is 1.45. The Morgan fingerprint density at radius 2 is 2.14 bits per heavy atom. The molecule has 2 heterocycles. The standard InChI is InChI=1S/C16H20N4O2/c1-12-18-15(22-19-12)14-10-20(11-14)16(21)17-9-5-8-13-6-3-2-4-7-13/h2-4,6-7,14H,5,8-11H2,1H3,(H,17,21). The summed E-state index contributed by atoms with van der Waals surface area (Å²) in [6.07, 6.45) is 1.92. The lowest BCUT2D eigenvalue weighted by atomic mass is 10.0. The van der Waals surface area contributed by atoms with Crippen molar-refractivity contribution in [3.05, 3.63) is 47.6 Å². The first-order valence-corrected chi connectivity index (χ1v) is 7.59. The fourth-order valence-corrected chi connectivity index (χ4v) is 2.52. The minimum absolute atomic E-state index is 0.0134. The minimum atomic E-state index is -0.0134. The van der Waals surface area contributed by atoms with Gasteiger partial charge in [0.25, 0.3) is 0 Å². The van der Waals surface area contributed by atoms with Crippen LogP contribution in [-0.4, -0.2) is 40.7 Å². The lowest BCUT2D eigenvalue weighted by molar-refractivity contribution is 0.137. The second-order valence-electron chi connectivity index (χ2n) is 5.60. The van der Waals surface area contributed by atoms with Crippen LogP contribution < -0.4 is 5.32 Å². The van der Waals surface area contributed by atoms with E-state index < -0.39 is 0 Å². The molecule has 0 atom stereocenters. The maximum atomic E-state index is 12.0. The molecule has 2 amide bonds. The SMILES string of the molecule is Cc1noc(C2CN(C(=O)NCCCc3ccccc3)C2)n1. The summed E-state index contributed by atoms with van der Waals surface area (Å²) in [4.78, 5) is 17.9. The molecule has 2 aromatic rings. The summed E-state index contributed by atoms with van der Waals surface area (Å²) in [5, 5.41) is 6.73. The number of amides is 2. The van der Waals surface area contributed by atoms with Crippen molar-refractivity contribution in [3.63, 3.8) is 0 Å². The number of nitrogens with zero attached hydrogens (tertiary/aromatic N) is 3. The van der Waals surface area contributed by atoms with Gasteiger partial charge in [-0.25, -0.2) is 4.79 Å². The highest BCUT2D eigenvalue weighted by atomic mass is 16.5. The predicted octanol–water partition coefficient (Wildman–Crippen LogP) is 2.12. The Morgan fingerprint density at radius 3 is 2.82 bits per heavy atom. The van der Waals surface area contributed by atoms with Crippen molar-refractivity contribution < 1.29 is 9.32 Å². The molecule has 1 aromatic carbocycles. The number of nitrogens with one attached hydrogen (secondary N) is 1. The van der Waals surface area contributed by atoms with Gasteiger partial charge in [0.1, 0.15) is 0 Å². The van der Waals surface area contributed by atoms with Crippen LogP contribution in [0.15, 0.2) is 34.9 Å². The quantitative estimate of drug-likeness (QED) is 0.859. The number of benzene rings is 1. The van der Waals surface area contributed by atoms with E-state index in [1.807, 2.05) is 18.2 Å². The summed E-state index contributed by atoms with van der Waals surface area (Å²) in [6, 6.07) is 10.3. The first-order chi connectivity index (χ1) is 10.7. The fraction of sp³-hybridized carbons (Fsp3) is 0.438. The Kier molecular flexibility index (Phi) is 4.37. The molecule has 1 N–H and O–H groups in total. The lowest BCUT2D eigenvalue weighted by Gasteiger charge is -2.36. The van der Waals surface area contributed by atoms with E-state index >= 15 is 0 Å². The number of aryl methyl sites for hydroxylation is 2. The first-order valence-electron chi connectivity index (χ1n) is 7.59. The van der Waals surface area contributed by atoms with Gasteiger partial charge in [0.2, 0.25) is 5.89 Å². The van der Waals surface area contributed by atoms with E-state index in [4.69, 9.17) is 4.52 Å². The molecule has 0 spiro atoms. The summed E-state index contributed by atoms with van der Waals surface area (Å²) >= 11 is 0. The number of aromatic nitrogens is 2. The largest absolute Gasteiger partial charge is 0.339 e. The number of rotatable bonds is 5. The Hall–Kier alpha value is -2.37. The molecule has 0 saturated carbocycles. The summed E-state index contributed by atoms with van der Waals surface area (Å²) in [5.41, 5.74) is 1.30. The second kappa shape index (κ2) is 6.60. The Labute approximate surface area is 129 Å². The lowest BCUT2D eigenvalue weighted by Crippen LogP contribution is -2.52. The van der Waals surface area contributed by atoms with Crippen molar-refractivity contribution in [1.29, 1.82) is 0 Å². The van der Waals surface area contributed by atoms with Gasteiger partial charge < -0.3 is 14.7 Å². The van der Waals surface area contributed by atoms with E-state index in [1.165, 1.54) is 5.56 Å². The average molecular weight is 300 g/mol. The molecule has 1 aliphatic heterocycles. The second-order valence-corrected chi connectivity index (χ2v) is 5.60. The molecule has 1 aromatic heterocycles. The summed E-state index contributed by atoms with van der Waals surface area (Å²) in [7, 11) is 0.